The van der Waals surface area contributed by atoms with E-state index in [-0.39, 0.29) is 24.7 Å². The lowest BCUT2D eigenvalue weighted by molar-refractivity contribution is 0.142. The van der Waals surface area contributed by atoms with Gasteiger partial charge in [-0.15, -0.1) is 0 Å². The van der Waals surface area contributed by atoms with Crippen molar-refractivity contribution in [3.05, 3.63) is 94.2 Å². The lowest BCUT2D eigenvalue weighted by atomic mass is 9.97. The van der Waals surface area contributed by atoms with Gasteiger partial charge in [0.2, 0.25) is 0 Å². The van der Waals surface area contributed by atoms with Crippen molar-refractivity contribution in [3.63, 3.8) is 0 Å². The topological polar surface area (TPSA) is 91.6 Å². The molecule has 3 aromatic carbocycles. The molecule has 5 aromatic rings. The van der Waals surface area contributed by atoms with Gasteiger partial charge in [-0.1, -0.05) is 74.5 Å². The van der Waals surface area contributed by atoms with Crippen molar-refractivity contribution < 1.29 is 14.3 Å². The molecule has 6 rings (SSSR count). The van der Waals surface area contributed by atoms with Crippen LogP contribution in [-0.4, -0.2) is 56.8 Å². The lowest BCUT2D eigenvalue weighted by Crippen LogP contribution is -2.49. The van der Waals surface area contributed by atoms with Crippen LogP contribution in [0.3, 0.4) is 0 Å². The quantitative estimate of drug-likeness (QED) is 0.296. The summed E-state index contributed by atoms with van der Waals surface area (Å²) in [6.45, 7) is 7.21. The molecule has 208 valence electrons. The van der Waals surface area contributed by atoms with Crippen LogP contribution in [0.4, 0.5) is 15.0 Å². The summed E-state index contributed by atoms with van der Waals surface area (Å²) in [5.41, 5.74) is 3.08. The van der Waals surface area contributed by atoms with E-state index in [0.29, 0.717) is 41.2 Å². The fourth-order valence-corrected chi connectivity index (χ4v) is 5.73. The zero-order chi connectivity index (χ0) is 28.8. The van der Waals surface area contributed by atoms with Crippen molar-refractivity contribution in [3.8, 4) is 16.9 Å². The molecule has 1 aliphatic heterocycles. The van der Waals surface area contributed by atoms with Gasteiger partial charge in [-0.3, -0.25) is 0 Å². The summed E-state index contributed by atoms with van der Waals surface area (Å²) in [7, 11) is 0. The first kappa shape index (κ1) is 26.4. The van der Waals surface area contributed by atoms with E-state index in [1.807, 2.05) is 72.5 Å². The molecule has 0 unspecified atom stereocenters. The molecule has 3 heterocycles. The molecule has 0 spiro atoms. The minimum Gasteiger partial charge on any atom is -0.465 e. The standard InChI is InChI=1S/C32H30FN5O3/c1-19(2)22-12-6-8-20(3)28(22)38-30-25(29(35-31(38)39)36-14-16-37(17-15-36)32(40)41)18-26(33)27(34-30)24-13-7-10-21-9-4-5-11-23(21)24/h4-13,18-19H,14-17H2,1-3H3,(H,40,41). The molecule has 0 atom stereocenters. The highest BCUT2D eigenvalue weighted by molar-refractivity contribution is 5.98. The minimum atomic E-state index is -0.994. The summed E-state index contributed by atoms with van der Waals surface area (Å²) in [6.07, 6.45) is -0.994. The second-order valence-electron chi connectivity index (χ2n) is 10.7. The third-order valence-corrected chi connectivity index (χ3v) is 7.81. The number of hydrogen-bond donors (Lipinski definition) is 1. The number of carboxylic acid groups (broad SMARTS) is 1. The lowest BCUT2D eigenvalue weighted by Gasteiger charge is -2.34. The second kappa shape index (κ2) is 10.3. The summed E-state index contributed by atoms with van der Waals surface area (Å²) in [5, 5.41) is 11.6. The van der Waals surface area contributed by atoms with Gasteiger partial charge in [0.15, 0.2) is 5.65 Å². The number of halogens is 1. The average molecular weight is 552 g/mol. The number of fused-ring (bicyclic) bond motifs is 2. The highest BCUT2D eigenvalue weighted by Gasteiger charge is 2.27. The molecule has 8 nitrogen and oxygen atoms in total. The Balaban J connectivity index is 1.66. The average Bonchev–Trinajstić information content (AvgIpc) is 2.97. The predicted octanol–water partition coefficient (Wildman–Crippen LogP) is 5.97. The van der Waals surface area contributed by atoms with Gasteiger partial charge in [-0.2, -0.15) is 4.98 Å². The van der Waals surface area contributed by atoms with E-state index in [9.17, 15) is 14.7 Å². The van der Waals surface area contributed by atoms with E-state index in [1.165, 1.54) is 15.5 Å². The number of benzene rings is 3. The summed E-state index contributed by atoms with van der Waals surface area (Å²) >= 11 is 0. The van der Waals surface area contributed by atoms with E-state index in [1.54, 1.807) is 0 Å². The molecule has 0 saturated carbocycles. The monoisotopic (exact) mass is 551 g/mol. The predicted molar refractivity (Wildman–Crippen MR) is 159 cm³/mol. The molecule has 1 fully saturated rings. The van der Waals surface area contributed by atoms with Gasteiger partial charge >= 0.3 is 11.8 Å². The largest absolute Gasteiger partial charge is 0.465 e. The number of amides is 1. The molecular formula is C32H30FN5O3. The van der Waals surface area contributed by atoms with Crippen LogP contribution in [0.15, 0.2) is 71.5 Å². The smallest absolute Gasteiger partial charge is 0.407 e. The first-order valence-electron chi connectivity index (χ1n) is 13.7. The molecule has 1 N–H and O–H groups in total. The van der Waals surface area contributed by atoms with Crippen LogP contribution in [0.5, 0.6) is 0 Å². The van der Waals surface area contributed by atoms with Crippen LogP contribution in [0, 0.1) is 12.7 Å². The van der Waals surface area contributed by atoms with Crippen molar-refractivity contribution in [2.75, 3.05) is 31.1 Å². The number of nitrogens with zero attached hydrogens (tertiary/aromatic N) is 5. The summed E-state index contributed by atoms with van der Waals surface area (Å²) in [5.74, 6) is -0.115. The van der Waals surface area contributed by atoms with Crippen LogP contribution in [0.1, 0.15) is 30.9 Å². The molecule has 0 radical (unpaired) electrons. The number of aryl methyl sites for hydroxylation is 1. The molecule has 1 amide bonds. The van der Waals surface area contributed by atoms with Gasteiger partial charge in [-0.05, 0) is 40.8 Å². The number of rotatable bonds is 4. The minimum absolute atomic E-state index is 0.105. The molecule has 9 heteroatoms. The van der Waals surface area contributed by atoms with Crippen molar-refractivity contribution in [2.45, 2.75) is 26.7 Å². The number of hydrogen-bond acceptors (Lipinski definition) is 5. The first-order valence-corrected chi connectivity index (χ1v) is 13.7. The van der Waals surface area contributed by atoms with E-state index in [0.717, 1.165) is 21.9 Å². The van der Waals surface area contributed by atoms with Gasteiger partial charge < -0.3 is 14.9 Å². The van der Waals surface area contributed by atoms with E-state index < -0.39 is 17.6 Å². The Labute approximate surface area is 236 Å². The molecule has 1 aliphatic rings. The third-order valence-electron chi connectivity index (χ3n) is 7.81. The van der Waals surface area contributed by atoms with Gasteiger partial charge in [-0.25, -0.2) is 23.5 Å². The molecule has 1 saturated heterocycles. The number of piperazine rings is 1. The fourth-order valence-electron chi connectivity index (χ4n) is 5.73. The highest BCUT2D eigenvalue weighted by Crippen LogP contribution is 2.35. The summed E-state index contributed by atoms with van der Waals surface area (Å²) < 4.78 is 17.6. The second-order valence-corrected chi connectivity index (χ2v) is 10.7. The molecule has 2 aromatic heterocycles. The number of aromatic nitrogens is 3. The van der Waals surface area contributed by atoms with Crippen LogP contribution in [0.25, 0.3) is 38.8 Å². The highest BCUT2D eigenvalue weighted by atomic mass is 19.1. The molecule has 0 aliphatic carbocycles. The summed E-state index contributed by atoms with van der Waals surface area (Å²) in [4.78, 5) is 37.9. The molecular weight excluding hydrogens is 521 g/mol. The Morgan fingerprint density at radius 1 is 0.927 bits per heavy atom. The van der Waals surface area contributed by atoms with Gasteiger partial charge in [0, 0.05) is 31.7 Å². The van der Waals surface area contributed by atoms with Crippen LogP contribution in [0.2, 0.25) is 0 Å². The maximum absolute atomic E-state index is 16.1. The SMILES string of the molecule is Cc1cccc(C(C)C)c1-n1c(=O)nc(N2CCN(C(=O)O)CC2)c2cc(F)c(-c3cccc4ccccc34)nc21. The number of para-hydroxylation sites is 1. The first-order chi connectivity index (χ1) is 19.7. The Kier molecular flexibility index (Phi) is 6.65. The van der Waals surface area contributed by atoms with Gasteiger partial charge in [0.1, 0.15) is 17.3 Å². The molecule has 41 heavy (non-hydrogen) atoms. The van der Waals surface area contributed by atoms with Crippen molar-refractivity contribution >= 4 is 33.7 Å². The Morgan fingerprint density at radius 3 is 2.37 bits per heavy atom. The summed E-state index contributed by atoms with van der Waals surface area (Å²) in [6, 6.07) is 20.7. The van der Waals surface area contributed by atoms with Crippen LogP contribution >= 0.6 is 0 Å². The zero-order valence-electron chi connectivity index (χ0n) is 23.1. The third kappa shape index (κ3) is 4.57. The normalized spacial score (nSPS) is 13.9. The van der Waals surface area contributed by atoms with Crippen LogP contribution in [-0.2, 0) is 0 Å². The maximum Gasteiger partial charge on any atom is 0.407 e. The maximum atomic E-state index is 16.1. The fraction of sp³-hybridized carbons (Fsp3) is 0.250. The van der Waals surface area contributed by atoms with E-state index in [2.05, 4.69) is 18.8 Å². The van der Waals surface area contributed by atoms with Crippen LogP contribution < -0.4 is 10.6 Å². The Bertz CT molecular complexity index is 1870. The van der Waals surface area contributed by atoms with E-state index >= 15 is 4.39 Å². The van der Waals surface area contributed by atoms with Crippen molar-refractivity contribution in [1.29, 1.82) is 0 Å². The van der Waals surface area contributed by atoms with Crippen molar-refractivity contribution in [1.82, 2.24) is 19.4 Å². The van der Waals surface area contributed by atoms with Gasteiger partial charge in [0.05, 0.1) is 11.1 Å². The number of anilines is 1. The zero-order valence-corrected chi connectivity index (χ0v) is 23.1. The Morgan fingerprint density at radius 2 is 1.63 bits per heavy atom. The van der Waals surface area contributed by atoms with Crippen molar-refractivity contribution in [2.24, 2.45) is 0 Å². The van der Waals surface area contributed by atoms with E-state index in [4.69, 9.17) is 4.98 Å². The molecule has 0 bridgehead atoms. The van der Waals surface area contributed by atoms with Gasteiger partial charge in [0.25, 0.3) is 0 Å². The number of pyridine rings is 1. The number of carbonyl (C=O) groups is 1. The Hall–Kier alpha value is -4.79.